The summed E-state index contributed by atoms with van der Waals surface area (Å²) in [6.07, 6.45) is 1.85. The number of aromatic nitrogens is 2. The van der Waals surface area contributed by atoms with Crippen molar-refractivity contribution in [2.75, 3.05) is 31.6 Å². The molecule has 5 rings (SSSR count). The van der Waals surface area contributed by atoms with Gasteiger partial charge in [0.25, 0.3) is 5.91 Å². The van der Waals surface area contributed by atoms with Crippen LogP contribution in [0.25, 0.3) is 10.9 Å². The van der Waals surface area contributed by atoms with E-state index in [1.54, 1.807) is 7.11 Å². The van der Waals surface area contributed by atoms with E-state index >= 15 is 0 Å². The van der Waals surface area contributed by atoms with Gasteiger partial charge in [0.2, 0.25) is 0 Å². The number of carbonyl (C=O) groups excluding carboxylic acids is 1. The zero-order valence-corrected chi connectivity index (χ0v) is 19.9. The Hall–Kier alpha value is -3.80. The van der Waals surface area contributed by atoms with Crippen molar-refractivity contribution in [3.05, 3.63) is 89.6 Å². The summed E-state index contributed by atoms with van der Waals surface area (Å²) in [5, 5.41) is 5.59. The molecule has 1 atom stereocenters. The van der Waals surface area contributed by atoms with Gasteiger partial charge in [0, 0.05) is 42.3 Å². The van der Waals surface area contributed by atoms with E-state index in [4.69, 9.17) is 4.74 Å². The van der Waals surface area contributed by atoms with E-state index in [1.807, 2.05) is 52.2 Å². The predicted octanol–water partition coefficient (Wildman–Crippen LogP) is 4.75. The number of rotatable bonds is 5. The van der Waals surface area contributed by atoms with Gasteiger partial charge >= 0.3 is 0 Å². The first kappa shape index (κ1) is 22.0. The second-order valence-electron chi connectivity index (χ2n) is 9.06. The molecule has 1 saturated heterocycles. The molecular formula is C28H30N4O2. The molecule has 1 aliphatic heterocycles. The normalized spacial score (nSPS) is 16.1. The molecule has 1 amide bonds. The number of hydrogen-bond acceptors (Lipinski definition) is 4. The molecule has 6 heteroatoms. The highest BCUT2D eigenvalue weighted by Gasteiger charge is 2.27. The Kier molecular flexibility index (Phi) is 5.97. The van der Waals surface area contributed by atoms with Gasteiger partial charge in [0.05, 0.1) is 25.4 Å². The van der Waals surface area contributed by atoms with E-state index in [-0.39, 0.29) is 11.9 Å². The van der Waals surface area contributed by atoms with Gasteiger partial charge in [0.15, 0.2) is 0 Å². The predicted molar refractivity (Wildman–Crippen MR) is 136 cm³/mol. The van der Waals surface area contributed by atoms with Crippen LogP contribution in [0, 0.1) is 6.92 Å². The summed E-state index contributed by atoms with van der Waals surface area (Å²) in [5.41, 5.74) is 5.24. The average molecular weight is 455 g/mol. The lowest BCUT2D eigenvalue weighted by molar-refractivity contribution is 0.0726. The molecule has 1 aromatic heterocycles. The Morgan fingerprint density at radius 1 is 1.06 bits per heavy atom. The third-order valence-electron chi connectivity index (χ3n) is 6.61. The zero-order valence-electron chi connectivity index (χ0n) is 19.9. The lowest BCUT2D eigenvalue weighted by Gasteiger charge is -2.41. The van der Waals surface area contributed by atoms with Crippen molar-refractivity contribution in [2.24, 2.45) is 0 Å². The number of carbonyl (C=O) groups is 1. The van der Waals surface area contributed by atoms with Crippen molar-refractivity contribution in [3.63, 3.8) is 0 Å². The number of aryl methyl sites for hydroxylation is 1. The fourth-order valence-electron chi connectivity index (χ4n) is 4.79. The molecule has 0 radical (unpaired) electrons. The minimum Gasteiger partial charge on any atom is -0.497 e. The van der Waals surface area contributed by atoms with Crippen LogP contribution in [0.2, 0.25) is 0 Å². The summed E-state index contributed by atoms with van der Waals surface area (Å²) >= 11 is 0. The lowest BCUT2D eigenvalue weighted by Crippen LogP contribution is -2.53. The summed E-state index contributed by atoms with van der Waals surface area (Å²) in [5.74, 6) is 0.899. The monoisotopic (exact) mass is 454 g/mol. The first-order valence-corrected chi connectivity index (χ1v) is 11.7. The van der Waals surface area contributed by atoms with E-state index < -0.39 is 0 Å². The van der Waals surface area contributed by atoms with Gasteiger partial charge in [-0.05, 0) is 61.4 Å². The molecule has 174 valence electrons. The van der Waals surface area contributed by atoms with Crippen LogP contribution < -0.4 is 9.64 Å². The van der Waals surface area contributed by atoms with Gasteiger partial charge in [-0.2, -0.15) is 5.10 Å². The maximum atomic E-state index is 13.4. The second kappa shape index (κ2) is 9.21. The molecule has 0 aliphatic carbocycles. The lowest BCUT2D eigenvalue weighted by atomic mass is 10.1. The van der Waals surface area contributed by atoms with Gasteiger partial charge in [0.1, 0.15) is 5.75 Å². The summed E-state index contributed by atoms with van der Waals surface area (Å²) < 4.78 is 7.29. The highest BCUT2D eigenvalue weighted by Crippen LogP contribution is 2.24. The SMILES string of the molecule is COc1cccc(Cn2ncc3ccc(C(=O)N4CCN(c5cccc(C)c5)C(C)C4)cc32)c1. The Bertz CT molecular complexity index is 1330. The van der Waals surface area contributed by atoms with Crippen molar-refractivity contribution < 1.29 is 9.53 Å². The van der Waals surface area contributed by atoms with Crippen LogP contribution >= 0.6 is 0 Å². The third-order valence-corrected chi connectivity index (χ3v) is 6.61. The number of nitrogens with zero attached hydrogens (tertiary/aromatic N) is 4. The van der Waals surface area contributed by atoms with E-state index in [0.29, 0.717) is 25.2 Å². The molecule has 1 aliphatic rings. The van der Waals surface area contributed by atoms with Crippen LogP contribution in [0.15, 0.2) is 72.9 Å². The highest BCUT2D eigenvalue weighted by molar-refractivity contribution is 5.98. The molecule has 2 heterocycles. The van der Waals surface area contributed by atoms with Crippen LogP contribution in [0.5, 0.6) is 5.75 Å². The third kappa shape index (κ3) is 4.36. The Morgan fingerprint density at radius 3 is 2.71 bits per heavy atom. The fourth-order valence-corrected chi connectivity index (χ4v) is 4.79. The van der Waals surface area contributed by atoms with Gasteiger partial charge in [-0.3, -0.25) is 9.48 Å². The van der Waals surface area contributed by atoms with Crippen molar-refractivity contribution in [1.82, 2.24) is 14.7 Å². The molecule has 6 nitrogen and oxygen atoms in total. The highest BCUT2D eigenvalue weighted by atomic mass is 16.5. The Balaban J connectivity index is 1.34. The number of hydrogen-bond donors (Lipinski definition) is 0. The van der Waals surface area contributed by atoms with Crippen molar-refractivity contribution >= 4 is 22.5 Å². The molecule has 34 heavy (non-hydrogen) atoms. The Labute approximate surface area is 200 Å². The first-order valence-electron chi connectivity index (χ1n) is 11.7. The maximum absolute atomic E-state index is 13.4. The van der Waals surface area contributed by atoms with Crippen LogP contribution in [0.3, 0.4) is 0 Å². The smallest absolute Gasteiger partial charge is 0.254 e. The van der Waals surface area contributed by atoms with E-state index in [2.05, 4.69) is 54.2 Å². The number of fused-ring (bicyclic) bond motifs is 1. The van der Waals surface area contributed by atoms with Crippen LogP contribution in [-0.2, 0) is 6.54 Å². The van der Waals surface area contributed by atoms with Gasteiger partial charge < -0.3 is 14.5 Å². The van der Waals surface area contributed by atoms with Crippen molar-refractivity contribution in [2.45, 2.75) is 26.4 Å². The number of anilines is 1. The van der Waals surface area contributed by atoms with E-state index in [9.17, 15) is 4.79 Å². The van der Waals surface area contributed by atoms with Gasteiger partial charge in [-0.25, -0.2) is 0 Å². The summed E-state index contributed by atoms with van der Waals surface area (Å²) in [6.45, 7) is 7.15. The van der Waals surface area contributed by atoms with E-state index in [1.165, 1.54) is 11.3 Å². The summed E-state index contributed by atoms with van der Waals surface area (Å²) in [4.78, 5) is 17.8. The fraction of sp³-hybridized carbons (Fsp3) is 0.286. The molecule has 0 bridgehead atoms. The number of ether oxygens (including phenoxy) is 1. The minimum absolute atomic E-state index is 0.0757. The number of benzene rings is 3. The second-order valence-corrected chi connectivity index (χ2v) is 9.06. The van der Waals surface area contributed by atoms with Crippen LogP contribution in [0.1, 0.15) is 28.4 Å². The van der Waals surface area contributed by atoms with Gasteiger partial charge in [-0.15, -0.1) is 0 Å². The number of amides is 1. The van der Waals surface area contributed by atoms with E-state index in [0.717, 1.165) is 28.8 Å². The largest absolute Gasteiger partial charge is 0.497 e. The molecule has 3 aromatic carbocycles. The molecule has 1 unspecified atom stereocenters. The summed E-state index contributed by atoms with van der Waals surface area (Å²) in [6, 6.07) is 22.7. The van der Waals surface area contributed by atoms with Crippen molar-refractivity contribution in [3.8, 4) is 5.75 Å². The van der Waals surface area contributed by atoms with Crippen LogP contribution in [0.4, 0.5) is 5.69 Å². The topological polar surface area (TPSA) is 50.6 Å². The Morgan fingerprint density at radius 2 is 1.91 bits per heavy atom. The standard InChI is InChI=1S/C28H30N4O2/c1-20-6-4-8-25(14-20)31-13-12-30(18-21(31)2)28(33)23-10-11-24-17-29-32(27(24)16-23)19-22-7-5-9-26(15-22)34-3/h4-11,14-17,21H,12-13,18-19H2,1-3H3. The molecule has 0 N–H and O–H groups in total. The quantitative estimate of drug-likeness (QED) is 0.437. The maximum Gasteiger partial charge on any atom is 0.254 e. The van der Waals surface area contributed by atoms with Crippen LogP contribution in [-0.4, -0.2) is 53.4 Å². The summed E-state index contributed by atoms with van der Waals surface area (Å²) in [7, 11) is 1.67. The number of piperazine rings is 1. The van der Waals surface area contributed by atoms with Gasteiger partial charge in [-0.1, -0.05) is 30.3 Å². The zero-order chi connectivity index (χ0) is 23.7. The molecule has 1 fully saturated rings. The first-order chi connectivity index (χ1) is 16.5. The molecule has 0 saturated carbocycles. The molecule has 0 spiro atoms. The average Bonchev–Trinajstić information content (AvgIpc) is 3.25. The van der Waals surface area contributed by atoms with Crippen molar-refractivity contribution in [1.29, 1.82) is 0 Å². The minimum atomic E-state index is 0.0757. The molecular weight excluding hydrogens is 424 g/mol. The molecule has 4 aromatic rings. The number of methoxy groups -OCH3 is 1.